The maximum absolute atomic E-state index is 12.4. The van der Waals surface area contributed by atoms with E-state index in [4.69, 9.17) is 5.73 Å². The van der Waals surface area contributed by atoms with Crippen molar-refractivity contribution in [2.45, 2.75) is 23.8 Å². The molecule has 0 bridgehead atoms. The SMILES string of the molecule is NC1CCN(C(=O)CN2C(=O)CSc3ccccc32)CC1. The van der Waals surface area contributed by atoms with Crippen molar-refractivity contribution in [3.8, 4) is 0 Å². The molecule has 0 radical (unpaired) electrons. The number of benzene rings is 1. The average Bonchev–Trinajstić information content (AvgIpc) is 2.51. The minimum absolute atomic E-state index is 0.000704. The summed E-state index contributed by atoms with van der Waals surface area (Å²) in [5.41, 5.74) is 6.71. The fraction of sp³-hybridized carbons (Fsp3) is 0.467. The van der Waals surface area contributed by atoms with E-state index in [1.807, 2.05) is 29.2 Å². The van der Waals surface area contributed by atoms with E-state index in [1.165, 1.54) is 11.8 Å². The van der Waals surface area contributed by atoms with Crippen molar-refractivity contribution >= 4 is 29.3 Å². The topological polar surface area (TPSA) is 66.6 Å². The maximum atomic E-state index is 12.4. The summed E-state index contributed by atoms with van der Waals surface area (Å²) in [5, 5.41) is 0. The molecule has 0 spiro atoms. The van der Waals surface area contributed by atoms with Crippen molar-refractivity contribution in [2.24, 2.45) is 5.73 Å². The summed E-state index contributed by atoms with van der Waals surface area (Å²) >= 11 is 1.53. The molecule has 1 aromatic rings. The Hall–Kier alpha value is -1.53. The number of fused-ring (bicyclic) bond motifs is 1. The summed E-state index contributed by atoms with van der Waals surface area (Å²) < 4.78 is 0. The van der Waals surface area contributed by atoms with Crippen molar-refractivity contribution in [3.63, 3.8) is 0 Å². The molecule has 6 heteroatoms. The molecule has 0 aromatic heterocycles. The highest BCUT2D eigenvalue weighted by Gasteiger charge is 2.29. The van der Waals surface area contributed by atoms with Crippen molar-refractivity contribution < 1.29 is 9.59 Å². The van der Waals surface area contributed by atoms with Crippen LogP contribution >= 0.6 is 11.8 Å². The van der Waals surface area contributed by atoms with E-state index < -0.39 is 0 Å². The van der Waals surface area contributed by atoms with Crippen LogP contribution in [0.15, 0.2) is 29.2 Å². The number of hydrogen-bond acceptors (Lipinski definition) is 4. The first-order valence-electron chi connectivity index (χ1n) is 7.20. The van der Waals surface area contributed by atoms with Gasteiger partial charge in [0.2, 0.25) is 11.8 Å². The number of anilines is 1. The van der Waals surface area contributed by atoms with Crippen LogP contribution in [0.2, 0.25) is 0 Å². The Kier molecular flexibility index (Phi) is 4.17. The molecule has 2 aliphatic rings. The van der Waals surface area contributed by atoms with Crippen LogP contribution in [0.25, 0.3) is 0 Å². The monoisotopic (exact) mass is 305 g/mol. The van der Waals surface area contributed by atoms with Crippen LogP contribution in [0.1, 0.15) is 12.8 Å². The lowest BCUT2D eigenvalue weighted by atomic mass is 10.1. The molecule has 2 aliphatic heterocycles. The summed E-state index contributed by atoms with van der Waals surface area (Å²) in [5.74, 6) is 0.410. The second kappa shape index (κ2) is 6.07. The predicted octanol–water partition coefficient (Wildman–Crippen LogP) is 1.07. The van der Waals surface area contributed by atoms with E-state index >= 15 is 0 Å². The number of piperidine rings is 1. The lowest BCUT2D eigenvalue weighted by Gasteiger charge is -2.34. The fourth-order valence-corrected chi connectivity index (χ4v) is 3.65. The van der Waals surface area contributed by atoms with Gasteiger partial charge in [-0.2, -0.15) is 0 Å². The molecule has 112 valence electrons. The predicted molar refractivity (Wildman–Crippen MR) is 83.3 cm³/mol. The molecule has 0 aliphatic carbocycles. The lowest BCUT2D eigenvalue weighted by molar-refractivity contribution is -0.132. The summed E-state index contributed by atoms with van der Waals surface area (Å²) in [6, 6.07) is 7.94. The van der Waals surface area contributed by atoms with E-state index in [0.717, 1.165) is 23.4 Å². The van der Waals surface area contributed by atoms with Gasteiger partial charge < -0.3 is 15.5 Å². The Morgan fingerprint density at radius 3 is 2.76 bits per heavy atom. The van der Waals surface area contributed by atoms with E-state index in [9.17, 15) is 9.59 Å². The number of carbonyl (C=O) groups excluding carboxylic acids is 2. The number of carbonyl (C=O) groups is 2. The third-order valence-corrected chi connectivity index (χ3v) is 5.04. The van der Waals surface area contributed by atoms with Gasteiger partial charge in [-0.25, -0.2) is 0 Å². The highest BCUT2D eigenvalue weighted by molar-refractivity contribution is 8.00. The highest BCUT2D eigenvalue weighted by atomic mass is 32.2. The summed E-state index contributed by atoms with van der Waals surface area (Å²) in [4.78, 5) is 29.0. The number of likely N-dealkylation sites (tertiary alicyclic amines) is 1. The number of nitrogens with two attached hydrogens (primary N) is 1. The standard InChI is InChI=1S/C15H19N3O2S/c16-11-5-7-17(8-6-11)14(19)9-18-12-3-1-2-4-13(12)21-10-15(18)20/h1-4,11H,5-10,16H2. The van der Waals surface area contributed by atoms with Crippen molar-refractivity contribution in [2.75, 3.05) is 30.3 Å². The third-order valence-electron chi connectivity index (χ3n) is 3.99. The number of thioether (sulfide) groups is 1. The average molecular weight is 305 g/mol. The Bertz CT molecular complexity index is 556. The molecule has 2 N–H and O–H groups in total. The molecule has 0 atom stereocenters. The van der Waals surface area contributed by atoms with Gasteiger partial charge in [0.25, 0.3) is 0 Å². The number of nitrogens with zero attached hydrogens (tertiary/aromatic N) is 2. The van der Waals surface area contributed by atoms with Gasteiger partial charge in [-0.3, -0.25) is 9.59 Å². The second-order valence-corrected chi connectivity index (χ2v) is 6.47. The Labute approximate surface area is 128 Å². The smallest absolute Gasteiger partial charge is 0.242 e. The number of hydrogen-bond donors (Lipinski definition) is 1. The van der Waals surface area contributed by atoms with E-state index in [0.29, 0.717) is 18.8 Å². The minimum Gasteiger partial charge on any atom is -0.341 e. The van der Waals surface area contributed by atoms with Gasteiger partial charge in [0.05, 0.1) is 11.4 Å². The van der Waals surface area contributed by atoms with E-state index in [2.05, 4.69) is 0 Å². The molecular formula is C15H19N3O2S. The van der Waals surface area contributed by atoms with Crippen LogP contribution in [-0.2, 0) is 9.59 Å². The van der Waals surface area contributed by atoms with Gasteiger partial charge in [-0.15, -0.1) is 11.8 Å². The van der Waals surface area contributed by atoms with E-state index in [1.54, 1.807) is 4.90 Å². The molecule has 21 heavy (non-hydrogen) atoms. The van der Waals surface area contributed by atoms with Crippen LogP contribution in [0, 0.1) is 0 Å². The van der Waals surface area contributed by atoms with Gasteiger partial charge in [0.15, 0.2) is 0 Å². The van der Waals surface area contributed by atoms with Gasteiger partial charge in [0, 0.05) is 24.0 Å². The maximum Gasteiger partial charge on any atom is 0.242 e. The molecule has 3 rings (SSSR count). The highest BCUT2D eigenvalue weighted by Crippen LogP contribution is 2.34. The summed E-state index contributed by atoms with van der Waals surface area (Å²) in [7, 11) is 0. The normalized spacial score (nSPS) is 19.6. The van der Waals surface area contributed by atoms with Crippen molar-refractivity contribution in [1.29, 1.82) is 0 Å². The zero-order valence-corrected chi connectivity index (χ0v) is 12.6. The molecule has 5 nitrogen and oxygen atoms in total. The van der Waals surface area contributed by atoms with Crippen molar-refractivity contribution in [3.05, 3.63) is 24.3 Å². The largest absolute Gasteiger partial charge is 0.341 e. The van der Waals surface area contributed by atoms with Crippen LogP contribution in [0.3, 0.4) is 0 Å². The first-order chi connectivity index (χ1) is 10.1. The quantitative estimate of drug-likeness (QED) is 0.888. The first-order valence-corrected chi connectivity index (χ1v) is 8.19. The van der Waals surface area contributed by atoms with Crippen LogP contribution < -0.4 is 10.6 Å². The summed E-state index contributed by atoms with van der Waals surface area (Å²) in [6.07, 6.45) is 1.68. The van der Waals surface area contributed by atoms with Crippen LogP contribution in [0.5, 0.6) is 0 Å². The van der Waals surface area contributed by atoms with Gasteiger partial charge in [-0.1, -0.05) is 12.1 Å². The first kappa shape index (κ1) is 14.4. The molecule has 1 aromatic carbocycles. The molecule has 1 fully saturated rings. The Morgan fingerprint density at radius 1 is 1.29 bits per heavy atom. The van der Waals surface area contributed by atoms with Crippen molar-refractivity contribution in [1.82, 2.24) is 4.90 Å². The lowest BCUT2D eigenvalue weighted by Crippen LogP contribution is -2.48. The van der Waals surface area contributed by atoms with E-state index in [-0.39, 0.29) is 24.4 Å². The van der Waals surface area contributed by atoms with Gasteiger partial charge in [-0.05, 0) is 25.0 Å². The summed E-state index contributed by atoms with van der Waals surface area (Å²) in [6.45, 7) is 1.52. The second-order valence-electron chi connectivity index (χ2n) is 5.45. The number of para-hydroxylation sites is 1. The zero-order chi connectivity index (χ0) is 14.8. The molecule has 0 saturated carbocycles. The zero-order valence-electron chi connectivity index (χ0n) is 11.8. The van der Waals surface area contributed by atoms with Crippen LogP contribution in [-0.4, -0.2) is 48.1 Å². The molecule has 1 saturated heterocycles. The Morgan fingerprint density at radius 2 is 2.00 bits per heavy atom. The minimum atomic E-state index is 0.000704. The number of rotatable bonds is 2. The third kappa shape index (κ3) is 3.06. The molecular weight excluding hydrogens is 286 g/mol. The van der Waals surface area contributed by atoms with Gasteiger partial charge in [0.1, 0.15) is 6.54 Å². The molecule has 0 unspecified atom stereocenters. The number of amides is 2. The van der Waals surface area contributed by atoms with Crippen LogP contribution in [0.4, 0.5) is 5.69 Å². The fourth-order valence-electron chi connectivity index (χ4n) is 2.71. The van der Waals surface area contributed by atoms with Gasteiger partial charge >= 0.3 is 0 Å². The molecule has 2 heterocycles. The Balaban J connectivity index is 1.72. The molecule has 2 amide bonds.